The number of piperidine rings is 2. The molecule has 3 aliphatic rings. The highest BCUT2D eigenvalue weighted by Crippen LogP contribution is 2.30. The van der Waals surface area contributed by atoms with Gasteiger partial charge in [0, 0.05) is 26.2 Å². The number of nitrogens with zero attached hydrogens (tertiary/aromatic N) is 1. The predicted octanol–water partition coefficient (Wildman–Crippen LogP) is 3.06. The van der Waals surface area contributed by atoms with Crippen molar-refractivity contribution in [2.24, 2.45) is 5.92 Å². The number of nitrogens with one attached hydrogen (secondary N) is 1. The van der Waals surface area contributed by atoms with E-state index in [-0.39, 0.29) is 0 Å². The van der Waals surface area contributed by atoms with Gasteiger partial charge in [-0.15, -0.1) is 0 Å². The molecule has 1 atom stereocenters. The van der Waals surface area contributed by atoms with E-state index in [1.54, 1.807) is 0 Å². The molecule has 0 bridgehead atoms. The van der Waals surface area contributed by atoms with Gasteiger partial charge in [0.1, 0.15) is 0 Å². The first kappa shape index (κ1) is 19.2. The number of likely N-dealkylation sites (tertiary alicyclic amines) is 1. The third kappa shape index (κ3) is 5.42. The van der Waals surface area contributed by atoms with E-state index in [1.807, 2.05) is 21.0 Å². The van der Waals surface area contributed by atoms with Crippen LogP contribution in [0, 0.1) is 5.92 Å². The third-order valence-electron chi connectivity index (χ3n) is 5.89. The standard InChI is InChI=1S/C17H32N2O2.C2H6/c1-13(14-3-7-18-8-4-14)19-9-5-15(6-10-19)21-17-11-16(12-17)20-2;1-2/h13-18H,3-12H2,1-2H3;1-2H3. The van der Waals surface area contributed by atoms with Crippen LogP contribution in [0.2, 0.25) is 0 Å². The van der Waals surface area contributed by atoms with E-state index in [2.05, 4.69) is 17.1 Å². The zero-order valence-corrected chi connectivity index (χ0v) is 15.7. The molecule has 23 heavy (non-hydrogen) atoms. The largest absolute Gasteiger partial charge is 0.381 e. The minimum atomic E-state index is 0.454. The molecule has 0 aromatic carbocycles. The smallest absolute Gasteiger partial charge is 0.0628 e. The van der Waals surface area contributed by atoms with Crippen molar-refractivity contribution in [3.8, 4) is 0 Å². The van der Waals surface area contributed by atoms with E-state index >= 15 is 0 Å². The average molecular weight is 327 g/mol. The minimum absolute atomic E-state index is 0.454. The number of hydrogen-bond donors (Lipinski definition) is 1. The first-order valence-electron chi connectivity index (χ1n) is 9.89. The highest BCUT2D eigenvalue weighted by atomic mass is 16.5. The maximum Gasteiger partial charge on any atom is 0.0628 e. The maximum atomic E-state index is 6.22. The van der Waals surface area contributed by atoms with Crippen molar-refractivity contribution >= 4 is 0 Å². The Morgan fingerprint density at radius 1 is 0.913 bits per heavy atom. The second-order valence-corrected chi connectivity index (χ2v) is 7.15. The molecule has 4 heteroatoms. The molecule has 0 spiro atoms. The molecule has 2 aliphatic heterocycles. The van der Waals surface area contributed by atoms with E-state index in [1.165, 1.54) is 51.9 Å². The SMILES string of the molecule is CC.COC1CC(OC2CCN(C(C)C3CCNCC3)CC2)C1. The van der Waals surface area contributed by atoms with Gasteiger partial charge in [-0.2, -0.15) is 0 Å². The molecule has 2 heterocycles. The second-order valence-electron chi connectivity index (χ2n) is 7.15. The van der Waals surface area contributed by atoms with Crippen LogP contribution in [0.25, 0.3) is 0 Å². The average Bonchev–Trinajstić information content (AvgIpc) is 2.60. The minimum Gasteiger partial charge on any atom is -0.381 e. The topological polar surface area (TPSA) is 33.7 Å². The van der Waals surface area contributed by atoms with Crippen molar-refractivity contribution in [3.05, 3.63) is 0 Å². The summed E-state index contributed by atoms with van der Waals surface area (Å²) in [4.78, 5) is 2.70. The van der Waals surface area contributed by atoms with Crippen molar-refractivity contribution < 1.29 is 9.47 Å². The molecule has 2 saturated heterocycles. The Hall–Kier alpha value is -0.160. The van der Waals surface area contributed by atoms with Gasteiger partial charge in [-0.05, 0) is 64.5 Å². The van der Waals surface area contributed by atoms with Gasteiger partial charge in [-0.25, -0.2) is 0 Å². The molecule has 4 nitrogen and oxygen atoms in total. The van der Waals surface area contributed by atoms with E-state index in [0.717, 1.165) is 24.8 Å². The number of rotatable bonds is 5. The lowest BCUT2D eigenvalue weighted by atomic mass is 9.88. The van der Waals surface area contributed by atoms with Crippen molar-refractivity contribution in [1.29, 1.82) is 0 Å². The molecule has 1 N–H and O–H groups in total. The summed E-state index contributed by atoms with van der Waals surface area (Å²) in [5.74, 6) is 0.887. The van der Waals surface area contributed by atoms with Crippen LogP contribution in [0.4, 0.5) is 0 Å². The Morgan fingerprint density at radius 2 is 1.52 bits per heavy atom. The summed E-state index contributed by atoms with van der Waals surface area (Å²) in [7, 11) is 1.81. The summed E-state index contributed by atoms with van der Waals surface area (Å²) in [6.07, 6.45) is 8.72. The monoisotopic (exact) mass is 326 g/mol. The van der Waals surface area contributed by atoms with E-state index in [9.17, 15) is 0 Å². The molecular formula is C19H38N2O2. The van der Waals surface area contributed by atoms with Gasteiger partial charge in [0.2, 0.25) is 0 Å². The van der Waals surface area contributed by atoms with Crippen molar-refractivity contribution in [1.82, 2.24) is 10.2 Å². The van der Waals surface area contributed by atoms with E-state index < -0.39 is 0 Å². The first-order chi connectivity index (χ1) is 11.3. The van der Waals surface area contributed by atoms with Crippen LogP contribution >= 0.6 is 0 Å². The molecule has 0 aromatic heterocycles. The first-order valence-corrected chi connectivity index (χ1v) is 9.89. The zero-order chi connectivity index (χ0) is 16.7. The highest BCUT2D eigenvalue weighted by Gasteiger charge is 2.34. The van der Waals surface area contributed by atoms with Gasteiger partial charge in [-0.1, -0.05) is 13.8 Å². The maximum absolute atomic E-state index is 6.22. The fourth-order valence-corrected chi connectivity index (χ4v) is 4.14. The molecule has 0 radical (unpaired) electrons. The van der Waals surface area contributed by atoms with Gasteiger partial charge in [-0.3, -0.25) is 0 Å². The lowest BCUT2D eigenvalue weighted by molar-refractivity contribution is -0.128. The fraction of sp³-hybridized carbons (Fsp3) is 1.00. The zero-order valence-electron chi connectivity index (χ0n) is 15.7. The Kier molecular flexibility index (Phi) is 8.31. The summed E-state index contributed by atoms with van der Waals surface area (Å²) in [5.41, 5.74) is 0. The number of hydrogen-bond acceptors (Lipinski definition) is 4. The Morgan fingerprint density at radius 3 is 2.09 bits per heavy atom. The van der Waals surface area contributed by atoms with Crippen LogP contribution in [-0.2, 0) is 9.47 Å². The summed E-state index contributed by atoms with van der Waals surface area (Å²) in [5, 5.41) is 3.47. The summed E-state index contributed by atoms with van der Waals surface area (Å²) in [6.45, 7) is 11.3. The molecule has 0 aromatic rings. The quantitative estimate of drug-likeness (QED) is 0.842. The van der Waals surface area contributed by atoms with Crippen molar-refractivity contribution in [2.75, 3.05) is 33.3 Å². The predicted molar refractivity (Wildman–Crippen MR) is 95.9 cm³/mol. The summed E-state index contributed by atoms with van der Waals surface area (Å²) < 4.78 is 11.5. The number of methoxy groups -OCH3 is 1. The van der Waals surface area contributed by atoms with Crippen LogP contribution in [0.15, 0.2) is 0 Å². The molecule has 1 saturated carbocycles. The van der Waals surface area contributed by atoms with Gasteiger partial charge in [0.15, 0.2) is 0 Å². The van der Waals surface area contributed by atoms with Gasteiger partial charge >= 0.3 is 0 Å². The fourth-order valence-electron chi connectivity index (χ4n) is 4.14. The number of ether oxygens (including phenoxy) is 2. The molecular weight excluding hydrogens is 288 g/mol. The Balaban J connectivity index is 0.000000924. The molecule has 1 unspecified atom stereocenters. The van der Waals surface area contributed by atoms with Crippen molar-refractivity contribution in [2.45, 2.75) is 83.6 Å². The van der Waals surface area contributed by atoms with E-state index in [0.29, 0.717) is 18.3 Å². The lowest BCUT2D eigenvalue weighted by Crippen LogP contribution is -2.48. The lowest BCUT2D eigenvalue weighted by Gasteiger charge is -2.43. The second kappa shape index (κ2) is 9.97. The molecule has 3 fully saturated rings. The van der Waals surface area contributed by atoms with Crippen molar-refractivity contribution in [3.63, 3.8) is 0 Å². The molecule has 3 rings (SSSR count). The summed E-state index contributed by atoms with van der Waals surface area (Å²) >= 11 is 0. The van der Waals surface area contributed by atoms with Gasteiger partial charge < -0.3 is 19.7 Å². The Bertz CT molecular complexity index is 306. The Labute approximate surface area is 143 Å². The van der Waals surface area contributed by atoms with Gasteiger partial charge in [0.25, 0.3) is 0 Å². The van der Waals surface area contributed by atoms with Crippen LogP contribution in [0.1, 0.15) is 59.3 Å². The van der Waals surface area contributed by atoms with Crippen LogP contribution in [-0.4, -0.2) is 62.5 Å². The molecule has 0 amide bonds. The third-order valence-corrected chi connectivity index (χ3v) is 5.89. The normalized spacial score (nSPS) is 31.8. The van der Waals surface area contributed by atoms with Gasteiger partial charge in [0.05, 0.1) is 18.3 Å². The van der Waals surface area contributed by atoms with Crippen LogP contribution < -0.4 is 5.32 Å². The van der Waals surface area contributed by atoms with E-state index in [4.69, 9.17) is 9.47 Å². The van der Waals surface area contributed by atoms with Crippen LogP contribution in [0.5, 0.6) is 0 Å². The summed E-state index contributed by atoms with van der Waals surface area (Å²) in [6, 6.07) is 0.745. The molecule has 136 valence electrons. The van der Waals surface area contributed by atoms with Crippen LogP contribution in [0.3, 0.4) is 0 Å². The molecule has 1 aliphatic carbocycles. The highest BCUT2D eigenvalue weighted by molar-refractivity contribution is 4.86.